The lowest BCUT2D eigenvalue weighted by Crippen LogP contribution is -2.34. The van der Waals surface area contributed by atoms with Gasteiger partial charge in [0, 0.05) is 24.7 Å². The van der Waals surface area contributed by atoms with Crippen molar-refractivity contribution in [3.8, 4) is 0 Å². The monoisotopic (exact) mass is 420 g/mol. The lowest BCUT2D eigenvalue weighted by Gasteiger charge is -2.24. The first-order valence-electron chi connectivity index (χ1n) is 10.3. The van der Waals surface area contributed by atoms with Crippen molar-refractivity contribution in [1.82, 2.24) is 14.8 Å². The summed E-state index contributed by atoms with van der Waals surface area (Å²) < 4.78 is 41.2. The van der Waals surface area contributed by atoms with Gasteiger partial charge in [-0.05, 0) is 43.4 Å². The Kier molecular flexibility index (Phi) is 5.62. The number of hydrogen-bond donors (Lipinski definition) is 0. The third kappa shape index (κ3) is 4.11. The topological polar surface area (TPSA) is 68.1 Å². The lowest BCUT2D eigenvalue weighted by atomic mass is 9.85. The van der Waals surface area contributed by atoms with E-state index in [1.54, 1.807) is 6.07 Å². The molecule has 1 amide bonds. The van der Waals surface area contributed by atoms with Crippen molar-refractivity contribution >= 4 is 11.7 Å². The van der Waals surface area contributed by atoms with Crippen molar-refractivity contribution < 1.29 is 18.0 Å². The molecule has 9 heteroatoms. The second-order valence-electron chi connectivity index (χ2n) is 7.90. The molecule has 2 fully saturated rings. The highest BCUT2D eigenvalue weighted by molar-refractivity contribution is 5.94. The van der Waals surface area contributed by atoms with Crippen LogP contribution in [0.3, 0.4) is 0 Å². The van der Waals surface area contributed by atoms with Gasteiger partial charge in [-0.1, -0.05) is 19.3 Å². The predicted molar refractivity (Wildman–Crippen MR) is 104 cm³/mol. The van der Waals surface area contributed by atoms with Crippen LogP contribution in [0.25, 0.3) is 0 Å². The predicted octanol–water partition coefficient (Wildman–Crippen LogP) is 3.88. The van der Waals surface area contributed by atoms with E-state index in [9.17, 15) is 22.8 Å². The van der Waals surface area contributed by atoms with E-state index >= 15 is 0 Å². The average Bonchev–Trinajstić information content (AvgIpc) is 3.16. The Morgan fingerprint density at radius 1 is 1.10 bits per heavy atom. The van der Waals surface area contributed by atoms with Gasteiger partial charge in [0.05, 0.1) is 17.8 Å². The zero-order valence-corrected chi connectivity index (χ0v) is 16.5. The molecule has 1 saturated carbocycles. The molecular weight excluding hydrogens is 397 g/mol. The summed E-state index contributed by atoms with van der Waals surface area (Å²) in [6.45, 7) is 0.0929. The van der Waals surface area contributed by atoms with Gasteiger partial charge in [-0.15, -0.1) is 0 Å². The van der Waals surface area contributed by atoms with Crippen LogP contribution in [0.2, 0.25) is 0 Å². The standard InChI is InChI=1S/C21H23F3N4O2/c22-21(23,24)16-8-4-10-25-17(16)13-28-20(30)15(14-6-2-1-3-7-14)12-18(26-28)27-11-5-9-19(27)29/h4,8,10,12,14H,1-3,5-7,9,11,13H2. The van der Waals surface area contributed by atoms with Crippen LogP contribution in [0.5, 0.6) is 0 Å². The van der Waals surface area contributed by atoms with Gasteiger partial charge in [-0.25, -0.2) is 4.68 Å². The number of pyridine rings is 1. The number of amides is 1. The summed E-state index contributed by atoms with van der Waals surface area (Å²) in [6, 6.07) is 3.83. The number of aromatic nitrogens is 3. The summed E-state index contributed by atoms with van der Waals surface area (Å²) in [5.41, 5.74) is -1.03. The summed E-state index contributed by atoms with van der Waals surface area (Å²) in [7, 11) is 0. The molecule has 0 spiro atoms. The molecule has 2 aromatic rings. The zero-order chi connectivity index (χ0) is 21.3. The van der Waals surface area contributed by atoms with Gasteiger partial charge in [-0.2, -0.15) is 18.3 Å². The van der Waals surface area contributed by atoms with Crippen molar-refractivity contribution in [2.75, 3.05) is 11.4 Å². The number of carbonyl (C=O) groups is 1. The van der Waals surface area contributed by atoms with Crippen molar-refractivity contribution in [2.45, 2.75) is 63.6 Å². The van der Waals surface area contributed by atoms with E-state index in [0.717, 1.165) is 42.9 Å². The number of anilines is 1. The highest BCUT2D eigenvalue weighted by Gasteiger charge is 2.34. The van der Waals surface area contributed by atoms with Crippen LogP contribution < -0.4 is 10.5 Å². The van der Waals surface area contributed by atoms with Gasteiger partial charge in [0.1, 0.15) is 0 Å². The normalized spacial score (nSPS) is 18.2. The Balaban J connectivity index is 1.79. The second kappa shape index (κ2) is 8.20. The lowest BCUT2D eigenvalue weighted by molar-refractivity contribution is -0.138. The quantitative estimate of drug-likeness (QED) is 0.753. The van der Waals surface area contributed by atoms with Crippen LogP contribution in [0, 0.1) is 0 Å². The molecule has 0 bridgehead atoms. The first-order chi connectivity index (χ1) is 14.3. The number of hydrogen-bond acceptors (Lipinski definition) is 4. The Hall–Kier alpha value is -2.71. The summed E-state index contributed by atoms with van der Waals surface area (Å²) in [4.78, 5) is 30.8. The summed E-state index contributed by atoms with van der Waals surface area (Å²) in [6.07, 6.45) is 2.60. The molecule has 2 aromatic heterocycles. The molecule has 6 nitrogen and oxygen atoms in total. The number of alkyl halides is 3. The molecule has 0 N–H and O–H groups in total. The van der Waals surface area contributed by atoms with Crippen LogP contribution in [0.1, 0.15) is 67.7 Å². The largest absolute Gasteiger partial charge is 0.418 e. The smallest absolute Gasteiger partial charge is 0.295 e. The SMILES string of the molecule is O=C1CCCN1c1cc(C2CCCCC2)c(=O)n(Cc2ncccc2C(F)(F)F)n1. The van der Waals surface area contributed by atoms with Crippen LogP contribution in [0.4, 0.5) is 19.0 Å². The fraction of sp³-hybridized carbons (Fsp3) is 0.524. The molecule has 160 valence electrons. The molecule has 1 aliphatic heterocycles. The summed E-state index contributed by atoms with van der Waals surface area (Å²) in [5.74, 6) is 0.279. The number of rotatable bonds is 4. The molecule has 0 unspecified atom stereocenters. The Bertz CT molecular complexity index is 996. The minimum atomic E-state index is -4.58. The average molecular weight is 420 g/mol. The van der Waals surface area contributed by atoms with Gasteiger partial charge in [0.25, 0.3) is 5.56 Å². The highest BCUT2D eigenvalue weighted by atomic mass is 19.4. The van der Waals surface area contributed by atoms with E-state index in [2.05, 4.69) is 10.1 Å². The third-order valence-electron chi connectivity index (χ3n) is 5.88. The van der Waals surface area contributed by atoms with Crippen molar-refractivity contribution in [3.05, 3.63) is 51.6 Å². The fourth-order valence-corrected chi connectivity index (χ4v) is 4.35. The zero-order valence-electron chi connectivity index (χ0n) is 16.5. The minimum Gasteiger partial charge on any atom is -0.295 e. The number of carbonyl (C=O) groups excluding carboxylic acids is 1. The molecule has 2 aliphatic rings. The molecule has 1 aliphatic carbocycles. The maximum Gasteiger partial charge on any atom is 0.418 e. The van der Waals surface area contributed by atoms with Gasteiger partial charge >= 0.3 is 6.18 Å². The first-order valence-corrected chi connectivity index (χ1v) is 10.3. The molecule has 3 heterocycles. The third-order valence-corrected chi connectivity index (χ3v) is 5.88. The highest BCUT2D eigenvalue weighted by Crippen LogP contribution is 2.33. The number of halogens is 3. The maximum atomic E-state index is 13.4. The van der Waals surface area contributed by atoms with Gasteiger partial charge in [0.2, 0.25) is 5.91 Å². The van der Waals surface area contributed by atoms with Crippen molar-refractivity contribution in [3.63, 3.8) is 0 Å². The molecule has 4 rings (SSSR count). The van der Waals surface area contributed by atoms with Crippen LogP contribution in [0.15, 0.2) is 29.2 Å². The van der Waals surface area contributed by atoms with Crippen LogP contribution >= 0.6 is 0 Å². The Labute approximate surface area is 171 Å². The Morgan fingerprint density at radius 2 is 1.87 bits per heavy atom. The summed E-state index contributed by atoms with van der Waals surface area (Å²) >= 11 is 0. The van der Waals surface area contributed by atoms with Crippen molar-refractivity contribution in [1.29, 1.82) is 0 Å². The van der Waals surface area contributed by atoms with E-state index in [4.69, 9.17) is 0 Å². The van der Waals surface area contributed by atoms with E-state index in [0.29, 0.717) is 30.8 Å². The molecule has 1 saturated heterocycles. The van der Waals surface area contributed by atoms with E-state index in [1.807, 2.05) is 0 Å². The van der Waals surface area contributed by atoms with E-state index in [-0.39, 0.29) is 17.5 Å². The maximum absolute atomic E-state index is 13.4. The molecule has 0 radical (unpaired) electrons. The second-order valence-corrected chi connectivity index (χ2v) is 7.90. The van der Waals surface area contributed by atoms with Crippen molar-refractivity contribution in [2.24, 2.45) is 0 Å². The molecule has 30 heavy (non-hydrogen) atoms. The molecule has 0 atom stereocenters. The van der Waals surface area contributed by atoms with E-state index < -0.39 is 23.8 Å². The molecular formula is C21H23F3N4O2. The van der Waals surface area contributed by atoms with Gasteiger partial charge < -0.3 is 0 Å². The minimum absolute atomic E-state index is 0.0303. The summed E-state index contributed by atoms with van der Waals surface area (Å²) in [5, 5.41) is 4.28. The van der Waals surface area contributed by atoms with Gasteiger partial charge in [-0.3, -0.25) is 19.5 Å². The fourth-order valence-electron chi connectivity index (χ4n) is 4.35. The van der Waals surface area contributed by atoms with Crippen LogP contribution in [-0.2, 0) is 17.5 Å². The van der Waals surface area contributed by atoms with E-state index in [1.165, 1.54) is 17.2 Å². The Morgan fingerprint density at radius 3 is 2.53 bits per heavy atom. The molecule has 0 aromatic carbocycles. The van der Waals surface area contributed by atoms with Gasteiger partial charge in [0.15, 0.2) is 5.82 Å². The number of nitrogens with zero attached hydrogens (tertiary/aromatic N) is 4. The van der Waals surface area contributed by atoms with Crippen LogP contribution in [-0.4, -0.2) is 27.2 Å². The first kappa shape index (κ1) is 20.6.